The second-order valence-corrected chi connectivity index (χ2v) is 6.49. The molecule has 0 saturated heterocycles. The maximum absolute atomic E-state index is 5.73. The van der Waals surface area contributed by atoms with Crippen LogP contribution in [0.15, 0.2) is 78.9 Å². The van der Waals surface area contributed by atoms with Crippen LogP contribution in [0.4, 0.5) is 0 Å². The van der Waals surface area contributed by atoms with Crippen LogP contribution in [0.25, 0.3) is 0 Å². The number of hydrogen-bond acceptors (Lipinski definition) is 2. The number of ether oxygens (including phenoxy) is 2. The minimum Gasteiger partial charge on any atom is -0.494 e. The monoisotopic (exact) mass is 359 g/mol. The Bertz CT molecular complexity index is 740. The van der Waals surface area contributed by atoms with Gasteiger partial charge in [0.2, 0.25) is 0 Å². The zero-order chi connectivity index (χ0) is 18.9. The second-order valence-electron chi connectivity index (χ2n) is 6.49. The molecule has 2 heteroatoms. The van der Waals surface area contributed by atoms with Crippen LogP contribution in [0.1, 0.15) is 43.4 Å². The highest BCUT2D eigenvalue weighted by Gasteiger charge is 2.17. The Balaban J connectivity index is 1.90. The van der Waals surface area contributed by atoms with Crippen molar-refractivity contribution >= 4 is 0 Å². The smallest absolute Gasteiger partial charge is 0.119 e. The molecule has 1 radical (unpaired) electrons. The lowest BCUT2D eigenvalue weighted by Crippen LogP contribution is -2.05. The van der Waals surface area contributed by atoms with Crippen LogP contribution in [0.5, 0.6) is 11.5 Å². The summed E-state index contributed by atoms with van der Waals surface area (Å²) in [4.78, 5) is 0. The summed E-state index contributed by atoms with van der Waals surface area (Å²) in [6.45, 7) is 5.72. The fourth-order valence-corrected chi connectivity index (χ4v) is 2.98. The van der Waals surface area contributed by atoms with E-state index in [0.717, 1.165) is 37.6 Å². The molecule has 0 fully saturated rings. The fraction of sp³-hybridized carbons (Fsp3) is 0.240. The molecule has 139 valence electrons. The zero-order valence-corrected chi connectivity index (χ0v) is 16.2. The third-order valence-corrected chi connectivity index (χ3v) is 4.29. The van der Waals surface area contributed by atoms with Gasteiger partial charge in [0.25, 0.3) is 0 Å². The van der Waals surface area contributed by atoms with Gasteiger partial charge in [-0.3, -0.25) is 0 Å². The third-order valence-electron chi connectivity index (χ3n) is 4.29. The predicted molar refractivity (Wildman–Crippen MR) is 111 cm³/mol. The molecular formula is C25H27O2. The van der Waals surface area contributed by atoms with E-state index < -0.39 is 0 Å². The molecule has 0 aliphatic heterocycles. The van der Waals surface area contributed by atoms with Crippen LogP contribution in [0.3, 0.4) is 0 Å². The molecular weight excluding hydrogens is 332 g/mol. The number of hydrogen-bond donors (Lipinski definition) is 0. The Morgan fingerprint density at radius 1 is 0.556 bits per heavy atom. The van der Waals surface area contributed by atoms with Gasteiger partial charge in [-0.25, -0.2) is 0 Å². The van der Waals surface area contributed by atoms with Crippen LogP contribution in [-0.2, 0) is 0 Å². The number of rotatable bonds is 9. The van der Waals surface area contributed by atoms with Crippen molar-refractivity contribution in [3.8, 4) is 11.5 Å². The normalized spacial score (nSPS) is 10.8. The molecule has 0 N–H and O–H groups in total. The van der Waals surface area contributed by atoms with Crippen LogP contribution in [0, 0.1) is 5.92 Å². The first-order valence-corrected chi connectivity index (χ1v) is 9.70. The van der Waals surface area contributed by atoms with E-state index in [1.165, 1.54) is 22.6 Å². The van der Waals surface area contributed by atoms with Gasteiger partial charge in [-0.1, -0.05) is 68.4 Å². The Morgan fingerprint density at radius 2 is 0.963 bits per heavy atom. The molecule has 27 heavy (non-hydrogen) atoms. The van der Waals surface area contributed by atoms with Crippen LogP contribution in [-0.4, -0.2) is 13.2 Å². The topological polar surface area (TPSA) is 18.5 Å². The third kappa shape index (κ3) is 5.13. The molecule has 0 aromatic heterocycles. The maximum atomic E-state index is 5.73. The molecule has 0 spiro atoms. The van der Waals surface area contributed by atoms with Crippen molar-refractivity contribution in [2.45, 2.75) is 26.7 Å². The standard InChI is InChI=1S/C25H27O2/c1-3-18-26-23-14-10-21(11-15-23)25(20-8-6-5-7-9-20)22-12-16-24(17-13-22)27-19-4-2/h5-17H,3-4,18-19H2,1-2H3. The van der Waals surface area contributed by atoms with E-state index in [9.17, 15) is 0 Å². The van der Waals surface area contributed by atoms with Gasteiger partial charge in [-0.2, -0.15) is 0 Å². The van der Waals surface area contributed by atoms with Crippen molar-refractivity contribution in [1.29, 1.82) is 0 Å². The van der Waals surface area contributed by atoms with Crippen LogP contribution >= 0.6 is 0 Å². The zero-order valence-electron chi connectivity index (χ0n) is 16.2. The van der Waals surface area contributed by atoms with Crippen molar-refractivity contribution in [1.82, 2.24) is 0 Å². The lowest BCUT2D eigenvalue weighted by atomic mass is 9.85. The van der Waals surface area contributed by atoms with E-state index in [4.69, 9.17) is 9.47 Å². The largest absolute Gasteiger partial charge is 0.494 e. The molecule has 3 aromatic rings. The Hall–Kier alpha value is -2.74. The van der Waals surface area contributed by atoms with Crippen molar-refractivity contribution < 1.29 is 9.47 Å². The van der Waals surface area contributed by atoms with Gasteiger partial charge in [0, 0.05) is 0 Å². The summed E-state index contributed by atoms with van der Waals surface area (Å²) < 4.78 is 11.5. The van der Waals surface area contributed by atoms with Crippen molar-refractivity contribution in [3.63, 3.8) is 0 Å². The number of benzene rings is 3. The highest BCUT2D eigenvalue weighted by atomic mass is 16.5. The SMILES string of the molecule is CCCOc1ccc([C](c2ccccc2)c2ccc(OCCC)cc2)cc1. The van der Waals surface area contributed by atoms with Gasteiger partial charge in [0.05, 0.1) is 19.1 Å². The Kier molecular flexibility index (Phi) is 6.92. The van der Waals surface area contributed by atoms with Gasteiger partial charge in [-0.05, 0) is 53.8 Å². The molecule has 0 unspecified atom stereocenters. The minimum absolute atomic E-state index is 0.744. The van der Waals surface area contributed by atoms with Crippen LogP contribution < -0.4 is 9.47 Å². The van der Waals surface area contributed by atoms with Gasteiger partial charge in [-0.15, -0.1) is 0 Å². The van der Waals surface area contributed by atoms with Crippen LogP contribution in [0.2, 0.25) is 0 Å². The van der Waals surface area contributed by atoms with Gasteiger partial charge in [0.15, 0.2) is 0 Å². The average molecular weight is 359 g/mol. The fourth-order valence-electron chi connectivity index (χ4n) is 2.98. The molecule has 0 aliphatic rings. The van der Waals surface area contributed by atoms with E-state index in [-0.39, 0.29) is 0 Å². The van der Waals surface area contributed by atoms with Crippen molar-refractivity contribution in [2.24, 2.45) is 0 Å². The van der Waals surface area contributed by atoms with E-state index in [1.807, 2.05) is 30.3 Å². The average Bonchev–Trinajstić information content (AvgIpc) is 2.73. The summed E-state index contributed by atoms with van der Waals surface area (Å²) in [6.07, 6.45) is 2.02. The Morgan fingerprint density at radius 3 is 1.37 bits per heavy atom. The first kappa shape index (κ1) is 19.0. The first-order chi connectivity index (χ1) is 13.3. The molecule has 3 aromatic carbocycles. The minimum atomic E-state index is 0.744. The highest BCUT2D eigenvalue weighted by molar-refractivity contribution is 5.58. The van der Waals surface area contributed by atoms with E-state index in [1.54, 1.807) is 0 Å². The summed E-state index contributed by atoms with van der Waals surface area (Å²) in [7, 11) is 0. The summed E-state index contributed by atoms with van der Waals surface area (Å²) in [5, 5.41) is 0. The van der Waals surface area contributed by atoms with Crippen molar-refractivity contribution in [3.05, 3.63) is 101 Å². The summed E-state index contributed by atoms with van der Waals surface area (Å²) in [5.74, 6) is 3.03. The molecule has 0 saturated carbocycles. The van der Waals surface area contributed by atoms with E-state index in [2.05, 4.69) is 62.4 Å². The van der Waals surface area contributed by atoms with Gasteiger partial charge in [0.1, 0.15) is 11.5 Å². The molecule has 0 heterocycles. The van der Waals surface area contributed by atoms with E-state index in [0.29, 0.717) is 0 Å². The summed E-state index contributed by atoms with van der Waals surface area (Å²) in [5.41, 5.74) is 3.54. The molecule has 0 aliphatic carbocycles. The molecule has 0 atom stereocenters. The maximum Gasteiger partial charge on any atom is 0.119 e. The second kappa shape index (κ2) is 9.82. The molecule has 3 rings (SSSR count). The van der Waals surface area contributed by atoms with Gasteiger partial charge < -0.3 is 9.47 Å². The Labute approximate surface area is 162 Å². The van der Waals surface area contributed by atoms with E-state index >= 15 is 0 Å². The predicted octanol–water partition coefficient (Wildman–Crippen LogP) is 6.28. The van der Waals surface area contributed by atoms with Crippen molar-refractivity contribution in [2.75, 3.05) is 13.2 Å². The molecule has 0 amide bonds. The summed E-state index contributed by atoms with van der Waals surface area (Å²) >= 11 is 0. The summed E-state index contributed by atoms with van der Waals surface area (Å²) in [6, 6.07) is 27.2. The highest BCUT2D eigenvalue weighted by Crippen LogP contribution is 2.32. The van der Waals surface area contributed by atoms with Gasteiger partial charge >= 0.3 is 0 Å². The molecule has 2 nitrogen and oxygen atoms in total. The lowest BCUT2D eigenvalue weighted by molar-refractivity contribution is 0.317. The lowest BCUT2D eigenvalue weighted by Gasteiger charge is -2.19. The first-order valence-electron chi connectivity index (χ1n) is 9.70. The molecule has 0 bridgehead atoms. The quantitative estimate of drug-likeness (QED) is 0.418.